The normalized spacial score (nSPS) is 11.2. The maximum absolute atomic E-state index is 13.8. The fraction of sp³-hybridized carbons (Fsp3) is 0.788. The highest BCUT2D eigenvalue weighted by atomic mass is 32.2. The third-order valence-electron chi connectivity index (χ3n) is 6.05. The van der Waals surface area contributed by atoms with Crippen LogP contribution in [0, 0.1) is 23.3 Å². The summed E-state index contributed by atoms with van der Waals surface area (Å²) in [6.07, 6.45) is 2.19. The van der Waals surface area contributed by atoms with Gasteiger partial charge in [-0.25, -0.2) is 8.78 Å². The average molecular weight is 784 g/mol. The summed E-state index contributed by atoms with van der Waals surface area (Å²) in [5.74, 6) is -10.4. The van der Waals surface area contributed by atoms with Crippen LogP contribution in [-0.2, 0) is 52.2 Å². The smallest absolute Gasteiger partial charge is 0.313 e. The zero-order valence-corrected chi connectivity index (χ0v) is 31.1. The van der Waals surface area contributed by atoms with Crippen molar-refractivity contribution >= 4 is 18.0 Å². The highest BCUT2D eigenvalue weighted by Gasteiger charge is 2.28. The summed E-state index contributed by atoms with van der Waals surface area (Å²) < 4.78 is 121. The molecule has 0 fully saturated rings. The quantitative estimate of drug-likeness (QED) is 0.0253. The van der Waals surface area contributed by atoms with Crippen LogP contribution >= 0.6 is 12.0 Å². The van der Waals surface area contributed by atoms with Crippen molar-refractivity contribution in [2.75, 3.05) is 139 Å². The van der Waals surface area contributed by atoms with Crippen LogP contribution in [0.15, 0.2) is 4.90 Å². The van der Waals surface area contributed by atoms with Crippen LogP contribution in [-0.4, -0.2) is 149 Å². The van der Waals surface area contributed by atoms with E-state index in [1.54, 1.807) is 0 Å². The van der Waals surface area contributed by atoms with Crippen molar-refractivity contribution in [2.45, 2.75) is 38.0 Å². The third kappa shape index (κ3) is 27.8. The molecule has 0 unspecified atom stereocenters. The fourth-order valence-electron chi connectivity index (χ4n) is 3.25. The van der Waals surface area contributed by atoms with Gasteiger partial charge in [-0.2, -0.15) is 8.78 Å². The zero-order valence-electron chi connectivity index (χ0n) is 30.3. The van der Waals surface area contributed by atoms with Crippen molar-refractivity contribution in [3.8, 4) is 5.75 Å². The minimum absolute atomic E-state index is 0.101. The van der Waals surface area contributed by atoms with Gasteiger partial charge in [0.1, 0.15) is 4.90 Å². The number of rotatable bonds is 35. The van der Waals surface area contributed by atoms with Crippen molar-refractivity contribution in [1.29, 1.82) is 0 Å². The van der Waals surface area contributed by atoms with E-state index >= 15 is 0 Å². The second kappa shape index (κ2) is 37.6. The fourth-order valence-corrected chi connectivity index (χ4v) is 3.59. The first-order valence-electron chi connectivity index (χ1n) is 17.2. The SMILES string of the molecule is CCCC.NCCOCCOCCOCCOCCOCCOCCOCCOCCOCCOCCC(=O)Oc1c(F)c(F)c(SO)c(F)c1F. The van der Waals surface area contributed by atoms with Gasteiger partial charge in [-0.05, 0) is 0 Å². The van der Waals surface area contributed by atoms with E-state index in [9.17, 15) is 22.4 Å². The number of carbonyl (C=O) groups is 1. The average Bonchev–Trinajstić information content (AvgIpc) is 3.15. The Labute approximate surface area is 308 Å². The van der Waals surface area contributed by atoms with E-state index in [-0.39, 0.29) is 26.4 Å². The predicted octanol–water partition coefficient (Wildman–Crippen LogP) is 4.03. The standard InChI is InChI=1S/C29H47F4NO13S.C4H10/c30-24-26(32)29(48-36)27(33)25(31)28(24)47-23(35)1-3-37-5-7-39-9-11-41-13-15-43-17-19-45-21-22-46-20-18-44-16-14-42-12-10-40-8-6-38-4-2-34;1-3-4-2/h36H,1-22,34H2;3-4H2,1-2H3. The molecular weight excluding hydrogens is 726 g/mol. The van der Waals surface area contributed by atoms with Gasteiger partial charge in [0.2, 0.25) is 17.4 Å². The predicted molar refractivity (Wildman–Crippen MR) is 183 cm³/mol. The molecule has 0 aliphatic rings. The Balaban J connectivity index is 0.00000615. The summed E-state index contributed by atoms with van der Waals surface area (Å²) in [6, 6.07) is 0. The molecule has 306 valence electrons. The van der Waals surface area contributed by atoms with Crippen LogP contribution in [0.3, 0.4) is 0 Å². The van der Waals surface area contributed by atoms with Crippen LogP contribution in [0.2, 0.25) is 0 Å². The van der Waals surface area contributed by atoms with E-state index in [1.165, 1.54) is 12.8 Å². The minimum atomic E-state index is -1.94. The molecule has 0 atom stereocenters. The summed E-state index contributed by atoms with van der Waals surface area (Å²) >= 11 is -0.516. The van der Waals surface area contributed by atoms with E-state index in [0.717, 1.165) is 0 Å². The zero-order chi connectivity index (χ0) is 38.5. The largest absolute Gasteiger partial charge is 0.420 e. The van der Waals surface area contributed by atoms with Gasteiger partial charge in [-0.1, -0.05) is 26.7 Å². The second-order valence-corrected chi connectivity index (χ2v) is 10.7. The Bertz CT molecular complexity index is 961. The summed E-state index contributed by atoms with van der Waals surface area (Å²) in [7, 11) is 0. The van der Waals surface area contributed by atoms with Gasteiger partial charge in [-0.15, -0.1) is 0 Å². The Hall–Kier alpha value is -1.72. The van der Waals surface area contributed by atoms with Gasteiger partial charge in [0.15, 0.2) is 11.6 Å². The van der Waals surface area contributed by atoms with Gasteiger partial charge in [0.05, 0.1) is 139 Å². The maximum atomic E-state index is 13.8. The number of benzene rings is 1. The molecule has 0 aliphatic carbocycles. The molecule has 1 aromatic carbocycles. The highest BCUT2D eigenvalue weighted by molar-refractivity contribution is 7.93. The van der Waals surface area contributed by atoms with Crippen LogP contribution in [0.5, 0.6) is 5.75 Å². The molecule has 52 heavy (non-hydrogen) atoms. The van der Waals surface area contributed by atoms with Gasteiger partial charge in [0.25, 0.3) is 0 Å². The molecule has 0 saturated carbocycles. The number of unbranched alkanes of at least 4 members (excludes halogenated alkanes) is 1. The lowest BCUT2D eigenvalue weighted by Gasteiger charge is -2.10. The molecule has 0 bridgehead atoms. The highest BCUT2D eigenvalue weighted by Crippen LogP contribution is 2.34. The molecule has 3 N–H and O–H groups in total. The second-order valence-electron chi connectivity index (χ2n) is 10.1. The number of hydrogen-bond donors (Lipinski definition) is 2. The van der Waals surface area contributed by atoms with Crippen LogP contribution < -0.4 is 10.5 Å². The topological polar surface area (TPSA) is 165 Å². The van der Waals surface area contributed by atoms with Gasteiger partial charge in [0, 0.05) is 18.6 Å². The maximum Gasteiger partial charge on any atom is 0.313 e. The van der Waals surface area contributed by atoms with E-state index < -0.39 is 58.3 Å². The van der Waals surface area contributed by atoms with Crippen LogP contribution in [0.1, 0.15) is 33.1 Å². The lowest BCUT2D eigenvalue weighted by Crippen LogP contribution is -2.16. The van der Waals surface area contributed by atoms with Crippen LogP contribution in [0.4, 0.5) is 17.6 Å². The van der Waals surface area contributed by atoms with Crippen molar-refractivity contribution in [3.63, 3.8) is 0 Å². The minimum Gasteiger partial charge on any atom is -0.420 e. The molecule has 0 spiro atoms. The molecule has 0 amide bonds. The lowest BCUT2D eigenvalue weighted by atomic mass is 10.3. The van der Waals surface area contributed by atoms with Gasteiger partial charge < -0.3 is 62.4 Å². The Morgan fingerprint density at radius 2 is 0.769 bits per heavy atom. The van der Waals surface area contributed by atoms with Gasteiger partial charge >= 0.3 is 5.97 Å². The van der Waals surface area contributed by atoms with E-state index in [4.69, 9.17) is 57.7 Å². The van der Waals surface area contributed by atoms with E-state index in [2.05, 4.69) is 18.6 Å². The molecule has 0 saturated heterocycles. The number of esters is 1. The number of carbonyl (C=O) groups excluding carboxylic acids is 1. The monoisotopic (exact) mass is 783 g/mol. The lowest BCUT2D eigenvalue weighted by molar-refractivity contribution is -0.136. The van der Waals surface area contributed by atoms with Gasteiger partial charge in [-0.3, -0.25) is 4.79 Å². The molecule has 14 nitrogen and oxygen atoms in total. The van der Waals surface area contributed by atoms with Crippen molar-refractivity contribution in [2.24, 2.45) is 5.73 Å². The first kappa shape index (κ1) is 50.3. The Morgan fingerprint density at radius 3 is 1.02 bits per heavy atom. The van der Waals surface area contributed by atoms with Crippen molar-refractivity contribution < 1.29 is 79.0 Å². The molecular formula is C33H57F4NO13S. The number of hydrogen-bond acceptors (Lipinski definition) is 15. The van der Waals surface area contributed by atoms with E-state index in [1.807, 2.05) is 0 Å². The number of halogens is 4. The van der Waals surface area contributed by atoms with Crippen LogP contribution in [0.25, 0.3) is 0 Å². The third-order valence-corrected chi connectivity index (χ3v) is 6.59. The molecule has 0 aliphatic heterocycles. The number of nitrogens with two attached hydrogens (primary N) is 1. The molecule has 0 radical (unpaired) electrons. The van der Waals surface area contributed by atoms with E-state index in [0.29, 0.717) is 112 Å². The molecule has 0 aromatic heterocycles. The summed E-state index contributed by atoms with van der Waals surface area (Å²) in [5, 5.41) is 0. The molecule has 0 heterocycles. The Morgan fingerprint density at radius 1 is 0.500 bits per heavy atom. The first-order valence-corrected chi connectivity index (χ1v) is 18.0. The molecule has 1 aromatic rings. The van der Waals surface area contributed by atoms with Crippen molar-refractivity contribution in [1.82, 2.24) is 0 Å². The first-order chi connectivity index (χ1) is 25.3. The summed E-state index contributed by atoms with van der Waals surface area (Å²) in [4.78, 5) is 10.5. The van der Waals surface area contributed by atoms with Crippen molar-refractivity contribution in [3.05, 3.63) is 23.3 Å². The molecule has 19 heteroatoms. The molecule has 1 rings (SSSR count). The summed E-state index contributed by atoms with van der Waals surface area (Å²) in [6.45, 7) is 12.5. The number of ether oxygens (including phenoxy) is 11. The summed E-state index contributed by atoms with van der Waals surface area (Å²) in [5.41, 5.74) is 5.31. The Kier molecular flexibility index (Phi) is 36.3.